The highest BCUT2D eigenvalue weighted by molar-refractivity contribution is 6.31. The van der Waals surface area contributed by atoms with Crippen LogP contribution in [0.3, 0.4) is 0 Å². The first kappa shape index (κ1) is 18.9. The van der Waals surface area contributed by atoms with Crippen molar-refractivity contribution in [1.82, 2.24) is 5.32 Å². The molecule has 0 saturated carbocycles. The van der Waals surface area contributed by atoms with E-state index in [9.17, 15) is 14.0 Å². The fraction of sp³-hybridized carbons (Fsp3) is 0.263. The third-order valence-corrected chi connectivity index (χ3v) is 4.07. The molecule has 2 aromatic rings. The van der Waals surface area contributed by atoms with Crippen molar-refractivity contribution in [1.29, 1.82) is 0 Å². The van der Waals surface area contributed by atoms with Crippen molar-refractivity contribution in [2.24, 2.45) is 0 Å². The van der Waals surface area contributed by atoms with Crippen molar-refractivity contribution >= 4 is 29.1 Å². The van der Waals surface area contributed by atoms with Crippen molar-refractivity contribution in [3.05, 3.63) is 64.4 Å². The van der Waals surface area contributed by atoms with E-state index in [1.165, 1.54) is 17.9 Å². The highest BCUT2D eigenvalue weighted by Gasteiger charge is 2.16. The van der Waals surface area contributed by atoms with Crippen LogP contribution in [0.1, 0.15) is 24.5 Å². The quantitative estimate of drug-likeness (QED) is 0.848. The summed E-state index contributed by atoms with van der Waals surface area (Å²) in [5.74, 6) is -0.788. The second-order valence-corrected chi connectivity index (χ2v) is 6.16. The summed E-state index contributed by atoms with van der Waals surface area (Å²) < 4.78 is 13.5. The molecule has 0 atom stereocenters. The van der Waals surface area contributed by atoms with Gasteiger partial charge in [-0.2, -0.15) is 0 Å². The lowest BCUT2D eigenvalue weighted by molar-refractivity contribution is -0.121. The van der Waals surface area contributed by atoms with Gasteiger partial charge in [0.05, 0.1) is 0 Å². The zero-order valence-corrected chi connectivity index (χ0v) is 14.9. The number of aryl methyl sites for hydroxylation is 1. The summed E-state index contributed by atoms with van der Waals surface area (Å²) in [6.07, 6.45) is 0.111. The van der Waals surface area contributed by atoms with Gasteiger partial charge in [-0.1, -0.05) is 35.9 Å². The Hall–Kier alpha value is -2.40. The van der Waals surface area contributed by atoms with Crippen molar-refractivity contribution in [3.8, 4) is 0 Å². The molecule has 6 heteroatoms. The van der Waals surface area contributed by atoms with Crippen molar-refractivity contribution in [2.75, 3.05) is 11.4 Å². The number of halogens is 2. The van der Waals surface area contributed by atoms with Crippen LogP contribution in [-0.4, -0.2) is 18.4 Å². The highest BCUT2D eigenvalue weighted by atomic mass is 35.5. The van der Waals surface area contributed by atoms with Gasteiger partial charge in [-0.25, -0.2) is 4.39 Å². The highest BCUT2D eigenvalue weighted by Crippen LogP contribution is 2.24. The molecule has 4 nitrogen and oxygen atoms in total. The van der Waals surface area contributed by atoms with Gasteiger partial charge in [0.1, 0.15) is 5.82 Å². The molecule has 2 rings (SSSR count). The number of nitrogens with zero attached hydrogens (tertiary/aromatic N) is 1. The van der Waals surface area contributed by atoms with Crippen LogP contribution in [0.25, 0.3) is 0 Å². The van der Waals surface area contributed by atoms with E-state index in [-0.39, 0.29) is 37.1 Å². The van der Waals surface area contributed by atoms with Gasteiger partial charge in [0, 0.05) is 42.7 Å². The van der Waals surface area contributed by atoms with E-state index in [4.69, 9.17) is 11.6 Å². The first-order chi connectivity index (χ1) is 11.9. The van der Waals surface area contributed by atoms with E-state index in [1.54, 1.807) is 30.3 Å². The third-order valence-electron chi connectivity index (χ3n) is 3.84. The Morgan fingerprint density at radius 1 is 1.20 bits per heavy atom. The number of anilines is 1. The zero-order chi connectivity index (χ0) is 18.4. The predicted molar refractivity (Wildman–Crippen MR) is 97.1 cm³/mol. The van der Waals surface area contributed by atoms with E-state index < -0.39 is 0 Å². The molecule has 0 heterocycles. The maximum Gasteiger partial charge on any atom is 0.223 e. The average Bonchev–Trinajstić information content (AvgIpc) is 2.57. The molecule has 1 N–H and O–H groups in total. The first-order valence-electron chi connectivity index (χ1n) is 7.93. The van der Waals surface area contributed by atoms with Crippen LogP contribution in [0.2, 0.25) is 5.02 Å². The first-order valence-corrected chi connectivity index (χ1v) is 8.30. The van der Waals surface area contributed by atoms with Crippen LogP contribution in [-0.2, 0) is 16.1 Å². The monoisotopic (exact) mass is 362 g/mol. The molecule has 0 aliphatic heterocycles. The molecule has 132 valence electrons. The number of hydrogen-bond acceptors (Lipinski definition) is 2. The molecule has 0 saturated heterocycles. The molecular weight excluding hydrogens is 343 g/mol. The number of hydrogen-bond donors (Lipinski definition) is 1. The predicted octanol–water partition coefficient (Wildman–Crippen LogP) is 3.85. The van der Waals surface area contributed by atoms with Gasteiger partial charge in [-0.3, -0.25) is 9.59 Å². The number of carbonyl (C=O) groups is 2. The second kappa shape index (κ2) is 8.62. The maximum atomic E-state index is 13.5. The third kappa shape index (κ3) is 5.29. The summed E-state index contributed by atoms with van der Waals surface area (Å²) in [5.41, 5.74) is 2.00. The minimum Gasteiger partial charge on any atom is -0.352 e. The summed E-state index contributed by atoms with van der Waals surface area (Å²) in [6.45, 7) is 3.65. The van der Waals surface area contributed by atoms with Gasteiger partial charge in [0.15, 0.2) is 0 Å². The lowest BCUT2D eigenvalue weighted by Gasteiger charge is -2.23. The molecule has 0 aliphatic rings. The molecule has 0 radical (unpaired) electrons. The Labute approximate surface area is 151 Å². The topological polar surface area (TPSA) is 49.4 Å². The van der Waals surface area contributed by atoms with E-state index in [0.717, 1.165) is 5.56 Å². The molecule has 25 heavy (non-hydrogen) atoms. The smallest absolute Gasteiger partial charge is 0.223 e. The van der Waals surface area contributed by atoms with Crippen molar-refractivity contribution in [2.45, 2.75) is 26.8 Å². The second-order valence-electron chi connectivity index (χ2n) is 5.72. The zero-order valence-electron chi connectivity index (χ0n) is 14.2. The molecule has 0 unspecified atom stereocenters. The summed E-state index contributed by atoms with van der Waals surface area (Å²) in [5, 5.41) is 3.19. The molecular formula is C19H20ClFN2O2. The van der Waals surface area contributed by atoms with Crippen LogP contribution in [0.15, 0.2) is 42.5 Å². The maximum absolute atomic E-state index is 13.5. The number of amides is 2. The molecule has 0 aliphatic carbocycles. The minimum absolute atomic E-state index is 0.111. The summed E-state index contributed by atoms with van der Waals surface area (Å²) in [4.78, 5) is 25.5. The molecule has 0 bridgehead atoms. The Kier molecular flexibility index (Phi) is 6.53. The largest absolute Gasteiger partial charge is 0.352 e. The molecule has 2 aromatic carbocycles. The Bertz CT molecular complexity index is 780. The summed E-state index contributed by atoms with van der Waals surface area (Å²) in [6, 6.07) is 11.6. The van der Waals surface area contributed by atoms with Crippen LogP contribution in [0.4, 0.5) is 10.1 Å². The van der Waals surface area contributed by atoms with Crippen molar-refractivity contribution in [3.63, 3.8) is 0 Å². The summed E-state index contributed by atoms with van der Waals surface area (Å²) >= 11 is 6.01. The van der Waals surface area contributed by atoms with E-state index in [1.807, 2.05) is 13.0 Å². The Morgan fingerprint density at radius 3 is 2.60 bits per heavy atom. The van der Waals surface area contributed by atoms with Gasteiger partial charge >= 0.3 is 0 Å². The van der Waals surface area contributed by atoms with Crippen LogP contribution in [0, 0.1) is 12.7 Å². The van der Waals surface area contributed by atoms with Gasteiger partial charge in [0.25, 0.3) is 0 Å². The lowest BCUT2D eigenvalue weighted by atomic mass is 10.1. The molecule has 0 spiro atoms. The van der Waals surface area contributed by atoms with E-state index in [2.05, 4.69) is 5.32 Å². The standard InChI is InChI=1S/C19H20ClFN2O2/c1-13-7-8-16(20)11-18(13)23(14(2)24)10-9-19(25)22-12-15-5-3-4-6-17(15)21/h3-8,11H,9-10,12H2,1-2H3,(H,22,25). The fourth-order valence-corrected chi connectivity index (χ4v) is 2.62. The number of benzene rings is 2. The number of rotatable bonds is 6. The van der Waals surface area contributed by atoms with Crippen LogP contribution < -0.4 is 10.2 Å². The SMILES string of the molecule is CC(=O)N(CCC(=O)NCc1ccccc1F)c1cc(Cl)ccc1C. The minimum atomic E-state index is -0.359. The number of carbonyl (C=O) groups excluding carboxylic acids is 2. The van der Waals surface area contributed by atoms with Gasteiger partial charge in [0.2, 0.25) is 11.8 Å². The van der Waals surface area contributed by atoms with E-state index in [0.29, 0.717) is 16.3 Å². The molecule has 0 aromatic heterocycles. The van der Waals surface area contributed by atoms with Gasteiger partial charge in [-0.05, 0) is 30.7 Å². The molecule has 2 amide bonds. The lowest BCUT2D eigenvalue weighted by Crippen LogP contribution is -2.34. The molecule has 0 fully saturated rings. The normalized spacial score (nSPS) is 10.4. The Morgan fingerprint density at radius 2 is 1.92 bits per heavy atom. The van der Waals surface area contributed by atoms with E-state index >= 15 is 0 Å². The van der Waals surface area contributed by atoms with Crippen LogP contribution >= 0.6 is 11.6 Å². The van der Waals surface area contributed by atoms with Gasteiger partial charge in [-0.15, -0.1) is 0 Å². The number of nitrogens with one attached hydrogen (secondary N) is 1. The summed E-state index contributed by atoms with van der Waals surface area (Å²) in [7, 11) is 0. The Balaban J connectivity index is 1.97. The van der Waals surface area contributed by atoms with Gasteiger partial charge < -0.3 is 10.2 Å². The van der Waals surface area contributed by atoms with Crippen LogP contribution in [0.5, 0.6) is 0 Å². The van der Waals surface area contributed by atoms with Crippen molar-refractivity contribution < 1.29 is 14.0 Å². The average molecular weight is 363 g/mol. The fourth-order valence-electron chi connectivity index (χ4n) is 2.46.